The molecule has 3 atom stereocenters. The summed E-state index contributed by atoms with van der Waals surface area (Å²) in [7, 11) is 0. The van der Waals surface area contributed by atoms with E-state index in [1.807, 2.05) is 51.1 Å². The van der Waals surface area contributed by atoms with Crippen LogP contribution in [0.4, 0.5) is 4.79 Å². The van der Waals surface area contributed by atoms with Crippen LogP contribution in [0, 0.1) is 5.92 Å². The van der Waals surface area contributed by atoms with Gasteiger partial charge in [-0.25, -0.2) is 4.79 Å². The topological polar surface area (TPSA) is 96.5 Å². The first kappa shape index (κ1) is 23.4. The fourth-order valence-electron chi connectivity index (χ4n) is 3.98. The van der Waals surface area contributed by atoms with Crippen molar-refractivity contribution < 1.29 is 19.1 Å². The molecule has 7 heteroatoms. The molecule has 1 aliphatic carbocycles. The van der Waals surface area contributed by atoms with Crippen molar-refractivity contribution in [2.75, 3.05) is 0 Å². The van der Waals surface area contributed by atoms with Gasteiger partial charge in [0.15, 0.2) is 0 Å². The Kier molecular flexibility index (Phi) is 7.65. The molecule has 1 aliphatic rings. The van der Waals surface area contributed by atoms with Crippen LogP contribution < -0.4 is 16.0 Å². The van der Waals surface area contributed by atoms with Crippen molar-refractivity contribution in [1.82, 2.24) is 16.0 Å². The van der Waals surface area contributed by atoms with Crippen molar-refractivity contribution in [1.29, 1.82) is 0 Å². The molecule has 30 heavy (non-hydrogen) atoms. The Morgan fingerprint density at radius 3 is 2.47 bits per heavy atom. The highest BCUT2D eigenvalue weighted by atomic mass is 16.5. The smallest absolute Gasteiger partial charge is 0.407 e. The highest BCUT2D eigenvalue weighted by Gasteiger charge is 2.53. The number of carbonyl (C=O) groups is 3. The van der Waals surface area contributed by atoms with E-state index in [-0.39, 0.29) is 36.8 Å². The van der Waals surface area contributed by atoms with Crippen molar-refractivity contribution in [3.05, 3.63) is 48.6 Å². The zero-order valence-electron chi connectivity index (χ0n) is 18.3. The molecule has 164 valence electrons. The Labute approximate surface area is 178 Å². The van der Waals surface area contributed by atoms with Crippen molar-refractivity contribution in [2.24, 2.45) is 5.92 Å². The number of carbonyl (C=O) groups excluding carboxylic acids is 3. The van der Waals surface area contributed by atoms with E-state index in [0.717, 1.165) is 5.56 Å². The van der Waals surface area contributed by atoms with Crippen LogP contribution in [0.5, 0.6) is 0 Å². The second kappa shape index (κ2) is 9.78. The van der Waals surface area contributed by atoms with Gasteiger partial charge in [-0.3, -0.25) is 9.59 Å². The van der Waals surface area contributed by atoms with E-state index in [1.165, 1.54) is 6.92 Å². The van der Waals surface area contributed by atoms with Gasteiger partial charge in [-0.05, 0) is 45.1 Å². The van der Waals surface area contributed by atoms with E-state index in [9.17, 15) is 14.4 Å². The standard InChI is InChI=1S/C23H33N3O4/c1-6-10-18-13-19(24-21(29)30-15-17-11-8-7-9-12-17)14-23(18,25-16(2)27)20(28)26-22(3,4)5/h6-9,11-12,18-19H,1,10,13-15H2,2-5H3,(H,24,29)(H,25,27)(H,26,28)/t18-,19-,23-/m0/s1. The molecule has 0 unspecified atom stereocenters. The minimum absolute atomic E-state index is 0.164. The van der Waals surface area contributed by atoms with E-state index in [2.05, 4.69) is 22.5 Å². The molecule has 0 saturated heterocycles. The number of benzene rings is 1. The summed E-state index contributed by atoms with van der Waals surface area (Å²) in [6.07, 6.45) is 2.55. The predicted octanol–water partition coefficient (Wildman–Crippen LogP) is 3.06. The van der Waals surface area contributed by atoms with Gasteiger partial charge < -0.3 is 20.7 Å². The van der Waals surface area contributed by atoms with Crippen LogP contribution in [0.1, 0.15) is 52.5 Å². The van der Waals surface area contributed by atoms with Gasteiger partial charge in [0, 0.05) is 24.9 Å². The van der Waals surface area contributed by atoms with Crippen LogP contribution in [0.15, 0.2) is 43.0 Å². The predicted molar refractivity (Wildman–Crippen MR) is 116 cm³/mol. The van der Waals surface area contributed by atoms with E-state index >= 15 is 0 Å². The van der Waals surface area contributed by atoms with Gasteiger partial charge >= 0.3 is 6.09 Å². The van der Waals surface area contributed by atoms with Gasteiger partial charge in [0.05, 0.1) is 0 Å². The highest BCUT2D eigenvalue weighted by molar-refractivity contribution is 5.92. The van der Waals surface area contributed by atoms with Crippen molar-refractivity contribution in [3.8, 4) is 0 Å². The molecule has 1 saturated carbocycles. The van der Waals surface area contributed by atoms with Crippen molar-refractivity contribution in [2.45, 2.75) is 70.7 Å². The maximum atomic E-state index is 13.2. The fourth-order valence-corrected chi connectivity index (χ4v) is 3.98. The molecule has 0 spiro atoms. The lowest BCUT2D eigenvalue weighted by atomic mass is 9.82. The van der Waals surface area contributed by atoms with Gasteiger partial charge in [-0.2, -0.15) is 0 Å². The third kappa shape index (κ3) is 6.34. The molecular weight excluding hydrogens is 382 g/mol. The summed E-state index contributed by atoms with van der Waals surface area (Å²) in [6.45, 7) is 11.0. The highest BCUT2D eigenvalue weighted by Crippen LogP contribution is 2.39. The molecule has 3 N–H and O–H groups in total. The van der Waals surface area contributed by atoms with Crippen LogP contribution in [0.3, 0.4) is 0 Å². The van der Waals surface area contributed by atoms with E-state index in [0.29, 0.717) is 12.8 Å². The number of amides is 3. The molecular formula is C23H33N3O4. The summed E-state index contributed by atoms with van der Waals surface area (Å²) >= 11 is 0. The van der Waals surface area contributed by atoms with E-state index in [1.54, 1.807) is 6.08 Å². The fraction of sp³-hybridized carbons (Fsp3) is 0.522. The molecule has 0 bridgehead atoms. The lowest BCUT2D eigenvalue weighted by Gasteiger charge is -2.37. The maximum Gasteiger partial charge on any atom is 0.407 e. The number of rotatable bonds is 7. The Bertz CT molecular complexity index is 772. The molecule has 0 aliphatic heterocycles. The Morgan fingerprint density at radius 1 is 1.23 bits per heavy atom. The van der Waals surface area contributed by atoms with E-state index < -0.39 is 17.2 Å². The number of hydrogen-bond acceptors (Lipinski definition) is 4. The number of ether oxygens (including phenoxy) is 1. The zero-order chi connectivity index (χ0) is 22.4. The first-order chi connectivity index (χ1) is 14.1. The second-order valence-corrected chi connectivity index (χ2v) is 8.92. The third-order valence-electron chi connectivity index (χ3n) is 5.11. The second-order valence-electron chi connectivity index (χ2n) is 8.92. The molecule has 3 amide bonds. The lowest BCUT2D eigenvalue weighted by Crippen LogP contribution is -2.63. The SMILES string of the molecule is C=CC[C@H]1C[C@H](NC(=O)OCc2ccccc2)C[C@@]1(NC(C)=O)C(=O)NC(C)(C)C. The van der Waals surface area contributed by atoms with Gasteiger partial charge in [0.25, 0.3) is 0 Å². The van der Waals surface area contributed by atoms with Gasteiger partial charge in [0.2, 0.25) is 11.8 Å². The molecule has 0 heterocycles. The van der Waals surface area contributed by atoms with Crippen LogP contribution in [-0.2, 0) is 20.9 Å². The first-order valence-electron chi connectivity index (χ1n) is 10.2. The minimum atomic E-state index is -1.12. The van der Waals surface area contributed by atoms with Gasteiger partial charge in [0.1, 0.15) is 12.1 Å². The van der Waals surface area contributed by atoms with Crippen molar-refractivity contribution in [3.63, 3.8) is 0 Å². The average molecular weight is 416 g/mol. The van der Waals surface area contributed by atoms with Gasteiger partial charge in [-0.1, -0.05) is 36.4 Å². The van der Waals surface area contributed by atoms with Crippen LogP contribution in [0.25, 0.3) is 0 Å². The summed E-state index contributed by atoms with van der Waals surface area (Å²) < 4.78 is 5.32. The monoisotopic (exact) mass is 415 g/mol. The minimum Gasteiger partial charge on any atom is -0.445 e. The molecule has 2 rings (SSSR count). The number of allylic oxidation sites excluding steroid dienone is 1. The zero-order valence-corrected chi connectivity index (χ0v) is 18.3. The van der Waals surface area contributed by atoms with Crippen LogP contribution in [-0.4, -0.2) is 35.0 Å². The largest absolute Gasteiger partial charge is 0.445 e. The molecule has 0 radical (unpaired) electrons. The first-order valence-corrected chi connectivity index (χ1v) is 10.2. The molecule has 1 fully saturated rings. The molecule has 1 aromatic carbocycles. The molecule has 1 aromatic rings. The summed E-state index contributed by atoms with van der Waals surface area (Å²) in [5, 5.41) is 8.72. The summed E-state index contributed by atoms with van der Waals surface area (Å²) in [4.78, 5) is 37.6. The number of alkyl carbamates (subject to hydrolysis) is 1. The summed E-state index contributed by atoms with van der Waals surface area (Å²) in [5.74, 6) is -0.736. The number of hydrogen-bond donors (Lipinski definition) is 3. The Hall–Kier alpha value is -2.83. The van der Waals surface area contributed by atoms with Crippen LogP contribution in [0.2, 0.25) is 0 Å². The number of nitrogens with one attached hydrogen (secondary N) is 3. The quantitative estimate of drug-likeness (QED) is 0.596. The molecule has 0 aromatic heterocycles. The molecule has 7 nitrogen and oxygen atoms in total. The van der Waals surface area contributed by atoms with Crippen LogP contribution >= 0.6 is 0 Å². The Morgan fingerprint density at radius 2 is 1.90 bits per heavy atom. The normalized spacial score (nSPS) is 23.3. The van der Waals surface area contributed by atoms with E-state index in [4.69, 9.17) is 4.74 Å². The summed E-state index contributed by atoms with van der Waals surface area (Å²) in [6, 6.07) is 9.09. The average Bonchev–Trinajstić information content (AvgIpc) is 2.97. The lowest BCUT2D eigenvalue weighted by molar-refractivity contribution is -0.135. The third-order valence-corrected chi connectivity index (χ3v) is 5.11. The van der Waals surface area contributed by atoms with Gasteiger partial charge in [-0.15, -0.1) is 6.58 Å². The Balaban J connectivity index is 2.13. The maximum absolute atomic E-state index is 13.2. The van der Waals surface area contributed by atoms with Crippen molar-refractivity contribution >= 4 is 17.9 Å². The summed E-state index contributed by atoms with van der Waals surface area (Å²) in [5.41, 5.74) is -0.688.